The Bertz CT molecular complexity index is 522. The zero-order chi connectivity index (χ0) is 13.1. The molecule has 0 radical (unpaired) electrons. The van der Waals surface area contributed by atoms with E-state index in [1.807, 2.05) is 18.2 Å². The third-order valence-electron chi connectivity index (χ3n) is 3.06. The van der Waals surface area contributed by atoms with E-state index in [9.17, 15) is 0 Å². The van der Waals surface area contributed by atoms with Crippen molar-refractivity contribution in [2.75, 3.05) is 6.54 Å². The molecule has 1 heterocycles. The van der Waals surface area contributed by atoms with Crippen molar-refractivity contribution in [2.24, 2.45) is 11.7 Å². The van der Waals surface area contributed by atoms with Gasteiger partial charge in [-0.25, -0.2) is 4.98 Å². The van der Waals surface area contributed by atoms with Gasteiger partial charge in [0.05, 0.1) is 5.69 Å². The van der Waals surface area contributed by atoms with E-state index in [1.165, 1.54) is 0 Å². The number of thiazole rings is 1. The van der Waals surface area contributed by atoms with Crippen LogP contribution in [0.15, 0.2) is 34.1 Å². The lowest BCUT2D eigenvalue weighted by atomic mass is 9.93. The van der Waals surface area contributed by atoms with E-state index in [2.05, 4.69) is 41.2 Å². The van der Waals surface area contributed by atoms with E-state index in [0.29, 0.717) is 18.4 Å². The van der Waals surface area contributed by atoms with Crippen molar-refractivity contribution in [3.63, 3.8) is 0 Å². The molecule has 2 nitrogen and oxygen atoms in total. The largest absolute Gasteiger partial charge is 0.330 e. The molecule has 0 spiro atoms. The molecule has 0 bridgehead atoms. The third-order valence-corrected chi connectivity index (χ3v) is 4.65. The van der Waals surface area contributed by atoms with Crippen molar-refractivity contribution in [3.05, 3.63) is 39.8 Å². The Morgan fingerprint density at radius 3 is 2.67 bits per heavy atom. The van der Waals surface area contributed by atoms with Gasteiger partial charge in [0.2, 0.25) is 0 Å². The highest BCUT2D eigenvalue weighted by Gasteiger charge is 2.18. The maximum absolute atomic E-state index is 5.84. The van der Waals surface area contributed by atoms with Crippen molar-refractivity contribution < 1.29 is 0 Å². The van der Waals surface area contributed by atoms with Gasteiger partial charge in [-0.3, -0.25) is 0 Å². The van der Waals surface area contributed by atoms with E-state index in [1.54, 1.807) is 11.3 Å². The average Bonchev–Trinajstić information content (AvgIpc) is 2.79. The predicted molar refractivity (Wildman–Crippen MR) is 81.9 cm³/mol. The van der Waals surface area contributed by atoms with E-state index in [-0.39, 0.29) is 0 Å². The lowest BCUT2D eigenvalue weighted by Crippen LogP contribution is -2.18. The Morgan fingerprint density at radius 2 is 2.06 bits per heavy atom. The molecule has 1 aromatic carbocycles. The van der Waals surface area contributed by atoms with Crippen LogP contribution in [-0.4, -0.2) is 11.5 Å². The summed E-state index contributed by atoms with van der Waals surface area (Å²) in [6.45, 7) is 5.03. The highest BCUT2D eigenvalue weighted by molar-refractivity contribution is 9.10. The highest BCUT2D eigenvalue weighted by Crippen LogP contribution is 2.33. The van der Waals surface area contributed by atoms with Crippen LogP contribution in [-0.2, 0) is 0 Å². The number of hydrogen-bond donors (Lipinski definition) is 1. The summed E-state index contributed by atoms with van der Waals surface area (Å²) in [6.07, 6.45) is 0. The predicted octanol–water partition coefficient (Wildman–Crippen LogP) is 4.27. The summed E-state index contributed by atoms with van der Waals surface area (Å²) < 4.78 is 1.08. The summed E-state index contributed by atoms with van der Waals surface area (Å²) in [4.78, 5) is 4.74. The van der Waals surface area contributed by atoms with Crippen LogP contribution < -0.4 is 5.73 Å². The number of halogens is 1. The van der Waals surface area contributed by atoms with Gasteiger partial charge in [-0.2, -0.15) is 0 Å². The molecule has 0 saturated carbocycles. The van der Waals surface area contributed by atoms with Gasteiger partial charge in [0.25, 0.3) is 0 Å². The Balaban J connectivity index is 2.34. The van der Waals surface area contributed by atoms with E-state index >= 15 is 0 Å². The summed E-state index contributed by atoms with van der Waals surface area (Å²) in [5.41, 5.74) is 8.10. The molecule has 96 valence electrons. The van der Waals surface area contributed by atoms with Gasteiger partial charge >= 0.3 is 0 Å². The normalized spacial score (nSPS) is 12.9. The van der Waals surface area contributed by atoms with Gasteiger partial charge in [0.1, 0.15) is 5.01 Å². The molecule has 0 saturated heterocycles. The third kappa shape index (κ3) is 2.82. The number of nitrogens with zero attached hydrogens (tertiary/aromatic N) is 1. The highest BCUT2D eigenvalue weighted by atomic mass is 79.9. The van der Waals surface area contributed by atoms with Crippen LogP contribution in [0.4, 0.5) is 0 Å². The van der Waals surface area contributed by atoms with Crippen LogP contribution in [0, 0.1) is 5.92 Å². The van der Waals surface area contributed by atoms with Gasteiger partial charge in [0, 0.05) is 27.9 Å². The minimum Gasteiger partial charge on any atom is -0.330 e. The van der Waals surface area contributed by atoms with Crippen molar-refractivity contribution in [2.45, 2.75) is 19.8 Å². The Kier molecular flexibility index (Phi) is 4.54. The monoisotopic (exact) mass is 324 g/mol. The molecule has 0 aliphatic heterocycles. The zero-order valence-corrected chi connectivity index (χ0v) is 13.0. The molecule has 2 N–H and O–H groups in total. The first-order valence-corrected chi connectivity index (χ1v) is 7.71. The number of nitrogens with two attached hydrogens (primary N) is 1. The zero-order valence-electron chi connectivity index (χ0n) is 10.6. The fourth-order valence-electron chi connectivity index (χ4n) is 1.95. The van der Waals surface area contributed by atoms with Crippen LogP contribution in [0.3, 0.4) is 0 Å². The summed E-state index contributed by atoms with van der Waals surface area (Å²) in [5.74, 6) is 0.863. The summed E-state index contributed by atoms with van der Waals surface area (Å²) >= 11 is 5.25. The minimum atomic E-state index is 0.345. The molecule has 4 heteroatoms. The quantitative estimate of drug-likeness (QED) is 0.912. The van der Waals surface area contributed by atoms with Crippen LogP contribution in [0.2, 0.25) is 0 Å². The first kappa shape index (κ1) is 13.7. The molecule has 1 aromatic heterocycles. The molecule has 0 aliphatic rings. The first-order valence-electron chi connectivity index (χ1n) is 6.04. The minimum absolute atomic E-state index is 0.345. The van der Waals surface area contributed by atoms with Gasteiger partial charge < -0.3 is 5.73 Å². The maximum atomic E-state index is 5.84. The van der Waals surface area contributed by atoms with Crippen LogP contribution in [0.25, 0.3) is 10.6 Å². The van der Waals surface area contributed by atoms with Crippen LogP contribution in [0.1, 0.15) is 25.5 Å². The second kappa shape index (κ2) is 5.95. The molecule has 0 aliphatic carbocycles. The molecule has 1 atom stereocenters. The summed E-state index contributed by atoms with van der Waals surface area (Å²) in [5, 5.41) is 3.18. The van der Waals surface area contributed by atoms with Gasteiger partial charge in [0.15, 0.2) is 0 Å². The molecular formula is C14H17BrN2S. The summed E-state index contributed by atoms with van der Waals surface area (Å²) in [6, 6.07) is 8.17. The second-order valence-corrected chi connectivity index (χ2v) is 6.36. The molecule has 0 fully saturated rings. The topological polar surface area (TPSA) is 38.9 Å². The van der Waals surface area contributed by atoms with E-state index < -0.39 is 0 Å². The van der Waals surface area contributed by atoms with Crippen molar-refractivity contribution in [1.82, 2.24) is 4.98 Å². The van der Waals surface area contributed by atoms with E-state index in [4.69, 9.17) is 10.7 Å². The van der Waals surface area contributed by atoms with Crippen LogP contribution in [0.5, 0.6) is 0 Å². The Morgan fingerprint density at radius 1 is 1.33 bits per heavy atom. The fraction of sp³-hybridized carbons (Fsp3) is 0.357. The van der Waals surface area contributed by atoms with Crippen molar-refractivity contribution in [1.29, 1.82) is 0 Å². The number of rotatable bonds is 4. The SMILES string of the molecule is CC(C)C(CN)c1csc(-c2ccccc2Br)n1. The molecule has 2 aromatic rings. The van der Waals surface area contributed by atoms with Gasteiger partial charge in [-0.1, -0.05) is 48.0 Å². The fourth-order valence-corrected chi connectivity index (χ4v) is 3.48. The maximum Gasteiger partial charge on any atom is 0.124 e. The van der Waals surface area contributed by atoms with Crippen molar-refractivity contribution in [3.8, 4) is 10.6 Å². The van der Waals surface area contributed by atoms with Crippen LogP contribution >= 0.6 is 27.3 Å². The first-order chi connectivity index (χ1) is 8.63. The van der Waals surface area contributed by atoms with E-state index in [0.717, 1.165) is 20.7 Å². The molecule has 1 unspecified atom stereocenters. The molecule has 2 rings (SSSR count). The lowest BCUT2D eigenvalue weighted by Gasteiger charge is -2.15. The standard InChI is InChI=1S/C14H17BrN2S/c1-9(2)11(7-16)13-8-18-14(17-13)10-5-3-4-6-12(10)15/h3-6,8-9,11H,7,16H2,1-2H3. The lowest BCUT2D eigenvalue weighted by molar-refractivity contribution is 0.498. The number of aromatic nitrogens is 1. The molecule has 18 heavy (non-hydrogen) atoms. The Hall–Kier alpha value is -0.710. The second-order valence-electron chi connectivity index (χ2n) is 4.64. The number of benzene rings is 1. The Labute approximate surface area is 120 Å². The number of hydrogen-bond acceptors (Lipinski definition) is 3. The molecule has 0 amide bonds. The average molecular weight is 325 g/mol. The molecular weight excluding hydrogens is 308 g/mol. The smallest absolute Gasteiger partial charge is 0.124 e. The van der Waals surface area contributed by atoms with Gasteiger partial charge in [-0.05, 0) is 12.0 Å². The summed E-state index contributed by atoms with van der Waals surface area (Å²) in [7, 11) is 0. The van der Waals surface area contributed by atoms with Crippen molar-refractivity contribution >= 4 is 27.3 Å². The van der Waals surface area contributed by atoms with Gasteiger partial charge in [-0.15, -0.1) is 11.3 Å².